The predicted molar refractivity (Wildman–Crippen MR) is 111 cm³/mol. The largest absolute Gasteiger partial charge is 0.469 e. The zero-order valence-electron chi connectivity index (χ0n) is 15.7. The van der Waals surface area contributed by atoms with Crippen LogP contribution in [0.1, 0.15) is 19.6 Å². The number of amides is 1. The molecule has 1 amide bonds. The number of rotatable bonds is 10. The van der Waals surface area contributed by atoms with Gasteiger partial charge in [-0.25, -0.2) is 0 Å². The lowest BCUT2D eigenvalue weighted by Crippen LogP contribution is -2.46. The summed E-state index contributed by atoms with van der Waals surface area (Å²) in [5.74, 6) is 1.70. The van der Waals surface area contributed by atoms with Gasteiger partial charge in [-0.05, 0) is 26.0 Å². The Bertz CT molecular complexity index is 490. The molecule has 0 radical (unpaired) electrons. The number of halogens is 1. The van der Waals surface area contributed by atoms with Crippen molar-refractivity contribution < 1.29 is 13.9 Å². The van der Waals surface area contributed by atoms with Gasteiger partial charge in [0.05, 0.1) is 26.0 Å². The number of nitrogens with zero attached hydrogens (tertiary/aromatic N) is 3. The van der Waals surface area contributed by atoms with Crippen LogP contribution < -0.4 is 5.32 Å². The van der Waals surface area contributed by atoms with Crippen LogP contribution in [-0.2, 0) is 16.0 Å². The number of carbonyl (C=O) groups is 1. The minimum absolute atomic E-state index is 0. The molecule has 0 spiro atoms. The Morgan fingerprint density at radius 3 is 2.64 bits per heavy atom. The summed E-state index contributed by atoms with van der Waals surface area (Å²) in [4.78, 5) is 20.4. The van der Waals surface area contributed by atoms with Crippen molar-refractivity contribution in [3.63, 3.8) is 0 Å². The first-order valence-corrected chi connectivity index (χ1v) is 8.40. The smallest absolute Gasteiger partial charge is 0.242 e. The van der Waals surface area contributed by atoms with Crippen LogP contribution in [0.4, 0.5) is 0 Å². The van der Waals surface area contributed by atoms with Crippen molar-refractivity contribution in [2.45, 2.75) is 20.3 Å². The fraction of sp³-hybridized carbons (Fsp3) is 0.647. The zero-order chi connectivity index (χ0) is 17.8. The molecule has 0 bridgehead atoms. The number of guanidine groups is 1. The Morgan fingerprint density at radius 2 is 2.08 bits per heavy atom. The highest BCUT2D eigenvalue weighted by molar-refractivity contribution is 14.0. The maximum atomic E-state index is 12.3. The fourth-order valence-corrected chi connectivity index (χ4v) is 2.26. The van der Waals surface area contributed by atoms with E-state index in [1.165, 1.54) is 0 Å². The van der Waals surface area contributed by atoms with Crippen LogP contribution in [0.15, 0.2) is 27.8 Å². The standard InChI is InChI=1S/C17H30N4O3.HI/c1-5-21(6-2)16(22)14-20(3)17(19-11-13-23-4)18-10-9-15-8-7-12-24-15;/h7-8,12H,5-6,9-11,13-14H2,1-4H3,(H,18,19);1H. The zero-order valence-corrected chi connectivity index (χ0v) is 18.0. The van der Waals surface area contributed by atoms with Crippen LogP contribution in [0.25, 0.3) is 0 Å². The molecule has 8 heteroatoms. The lowest BCUT2D eigenvalue weighted by Gasteiger charge is -2.25. The fourth-order valence-electron chi connectivity index (χ4n) is 2.26. The summed E-state index contributed by atoms with van der Waals surface area (Å²) in [6, 6.07) is 3.81. The molecule has 1 heterocycles. The Balaban J connectivity index is 0.00000576. The van der Waals surface area contributed by atoms with Crippen molar-refractivity contribution in [3.8, 4) is 0 Å². The number of furan rings is 1. The van der Waals surface area contributed by atoms with E-state index in [1.54, 1.807) is 13.4 Å². The summed E-state index contributed by atoms with van der Waals surface area (Å²) < 4.78 is 10.4. The topological polar surface area (TPSA) is 70.3 Å². The molecule has 0 atom stereocenters. The Labute approximate surface area is 167 Å². The summed E-state index contributed by atoms with van der Waals surface area (Å²) in [5, 5.41) is 3.29. The van der Waals surface area contributed by atoms with Crippen LogP contribution in [0, 0.1) is 0 Å². The highest BCUT2D eigenvalue weighted by atomic mass is 127. The Morgan fingerprint density at radius 1 is 1.36 bits per heavy atom. The van der Waals surface area contributed by atoms with Gasteiger partial charge in [0, 0.05) is 40.2 Å². The van der Waals surface area contributed by atoms with E-state index in [2.05, 4.69) is 10.3 Å². The van der Waals surface area contributed by atoms with Crippen molar-refractivity contribution in [1.82, 2.24) is 15.1 Å². The summed E-state index contributed by atoms with van der Waals surface area (Å²) in [5.41, 5.74) is 0. The van der Waals surface area contributed by atoms with Gasteiger partial charge in [-0.3, -0.25) is 9.79 Å². The molecule has 0 aliphatic carbocycles. The van der Waals surface area contributed by atoms with E-state index < -0.39 is 0 Å². The van der Waals surface area contributed by atoms with Gasteiger partial charge in [0.25, 0.3) is 0 Å². The molecule has 1 N–H and O–H groups in total. The number of aliphatic imine (C=N–C) groups is 1. The van der Waals surface area contributed by atoms with Gasteiger partial charge in [0.2, 0.25) is 5.91 Å². The van der Waals surface area contributed by atoms with E-state index in [1.807, 2.05) is 42.8 Å². The molecule has 0 aromatic carbocycles. The summed E-state index contributed by atoms with van der Waals surface area (Å²) in [6.45, 7) is 7.46. The predicted octanol–water partition coefficient (Wildman–Crippen LogP) is 1.83. The van der Waals surface area contributed by atoms with Gasteiger partial charge in [-0.15, -0.1) is 24.0 Å². The van der Waals surface area contributed by atoms with Crippen molar-refractivity contribution in [1.29, 1.82) is 0 Å². The number of hydrogen-bond acceptors (Lipinski definition) is 4. The SMILES string of the molecule is CCN(CC)C(=O)CN(C)C(=NCCOC)NCCc1ccco1.I. The molecule has 0 fully saturated rings. The van der Waals surface area contributed by atoms with E-state index in [-0.39, 0.29) is 29.9 Å². The molecular weight excluding hydrogens is 435 g/mol. The monoisotopic (exact) mass is 466 g/mol. The normalized spacial score (nSPS) is 11.0. The molecule has 0 saturated carbocycles. The number of ether oxygens (including phenoxy) is 1. The third kappa shape index (κ3) is 9.10. The van der Waals surface area contributed by atoms with Gasteiger partial charge in [0.1, 0.15) is 5.76 Å². The first-order valence-electron chi connectivity index (χ1n) is 8.40. The third-order valence-corrected chi connectivity index (χ3v) is 3.64. The maximum Gasteiger partial charge on any atom is 0.242 e. The highest BCUT2D eigenvalue weighted by Crippen LogP contribution is 2.00. The van der Waals surface area contributed by atoms with E-state index in [0.29, 0.717) is 45.3 Å². The van der Waals surface area contributed by atoms with E-state index >= 15 is 0 Å². The van der Waals surface area contributed by atoms with Gasteiger partial charge >= 0.3 is 0 Å². The minimum atomic E-state index is 0. The van der Waals surface area contributed by atoms with Crippen LogP contribution in [0.2, 0.25) is 0 Å². The minimum Gasteiger partial charge on any atom is -0.469 e. The molecule has 1 rings (SSSR count). The van der Waals surface area contributed by atoms with Gasteiger partial charge in [0.15, 0.2) is 5.96 Å². The average molecular weight is 466 g/mol. The molecule has 7 nitrogen and oxygen atoms in total. The first-order chi connectivity index (χ1) is 11.6. The summed E-state index contributed by atoms with van der Waals surface area (Å²) in [7, 11) is 3.51. The molecule has 0 aliphatic heterocycles. The van der Waals surface area contributed by atoms with Crippen LogP contribution in [0.5, 0.6) is 0 Å². The number of hydrogen-bond donors (Lipinski definition) is 1. The summed E-state index contributed by atoms with van der Waals surface area (Å²) in [6.07, 6.45) is 2.42. The van der Waals surface area contributed by atoms with E-state index in [0.717, 1.165) is 12.2 Å². The summed E-state index contributed by atoms with van der Waals surface area (Å²) >= 11 is 0. The molecule has 1 aromatic heterocycles. The Hall–Kier alpha value is -1.29. The van der Waals surface area contributed by atoms with Crippen molar-refractivity contribution in [2.75, 3.05) is 53.5 Å². The lowest BCUT2D eigenvalue weighted by molar-refractivity contribution is -0.131. The third-order valence-electron chi connectivity index (χ3n) is 3.64. The molecule has 0 saturated heterocycles. The Kier molecular flexibility index (Phi) is 13.2. The second-order valence-electron chi connectivity index (χ2n) is 5.38. The van der Waals surface area contributed by atoms with Gasteiger partial charge in [-0.1, -0.05) is 0 Å². The van der Waals surface area contributed by atoms with Crippen LogP contribution in [-0.4, -0.2) is 75.2 Å². The second kappa shape index (κ2) is 13.9. The van der Waals surface area contributed by atoms with Crippen molar-refractivity contribution in [2.24, 2.45) is 4.99 Å². The number of carbonyl (C=O) groups excluding carboxylic acids is 1. The second-order valence-corrected chi connectivity index (χ2v) is 5.38. The quantitative estimate of drug-likeness (QED) is 0.247. The molecule has 25 heavy (non-hydrogen) atoms. The lowest BCUT2D eigenvalue weighted by atomic mass is 10.3. The molecule has 1 aromatic rings. The maximum absolute atomic E-state index is 12.3. The average Bonchev–Trinajstić information content (AvgIpc) is 3.08. The van der Waals surface area contributed by atoms with Gasteiger partial charge in [-0.2, -0.15) is 0 Å². The molecular formula is C17H31IN4O3. The van der Waals surface area contributed by atoms with Gasteiger partial charge < -0.3 is 24.3 Å². The highest BCUT2D eigenvalue weighted by Gasteiger charge is 2.15. The van der Waals surface area contributed by atoms with Crippen molar-refractivity contribution >= 4 is 35.8 Å². The molecule has 0 aliphatic rings. The number of likely N-dealkylation sites (N-methyl/N-ethyl adjacent to an activating group) is 2. The van der Waals surface area contributed by atoms with Crippen LogP contribution in [0.3, 0.4) is 0 Å². The number of methoxy groups -OCH3 is 1. The van der Waals surface area contributed by atoms with E-state index in [9.17, 15) is 4.79 Å². The first kappa shape index (κ1) is 23.7. The molecule has 0 unspecified atom stereocenters. The van der Waals surface area contributed by atoms with Crippen LogP contribution >= 0.6 is 24.0 Å². The van der Waals surface area contributed by atoms with E-state index in [4.69, 9.17) is 9.15 Å². The van der Waals surface area contributed by atoms with Crippen molar-refractivity contribution in [3.05, 3.63) is 24.2 Å². The number of nitrogens with one attached hydrogen (secondary N) is 1. The molecule has 144 valence electrons.